The summed E-state index contributed by atoms with van der Waals surface area (Å²) < 4.78 is 0. The fourth-order valence-electron chi connectivity index (χ4n) is 4.45. The van der Waals surface area contributed by atoms with Gasteiger partial charge in [0.15, 0.2) is 0 Å². The van der Waals surface area contributed by atoms with E-state index < -0.39 is 0 Å². The summed E-state index contributed by atoms with van der Waals surface area (Å²) in [5.74, 6) is 3.42. The molecule has 0 aromatic heterocycles. The van der Waals surface area contributed by atoms with Crippen molar-refractivity contribution in [2.75, 3.05) is 0 Å². The van der Waals surface area contributed by atoms with E-state index in [1.165, 1.54) is 36.8 Å². The molecule has 1 fully saturated rings. The lowest BCUT2D eigenvalue weighted by Gasteiger charge is -2.35. The molecule has 0 bridgehead atoms. The Morgan fingerprint density at radius 2 is 1.70 bits per heavy atom. The summed E-state index contributed by atoms with van der Waals surface area (Å²) in [5, 5.41) is 0. The maximum Gasteiger partial charge on any atom is 0.00830 e. The van der Waals surface area contributed by atoms with E-state index in [-0.39, 0.29) is 0 Å². The van der Waals surface area contributed by atoms with Crippen LogP contribution in [0.1, 0.15) is 69.1 Å². The van der Waals surface area contributed by atoms with Crippen LogP contribution in [-0.2, 0) is 0 Å². The number of hydrogen-bond donors (Lipinski definition) is 0. The molecule has 3 rings (SSSR count). The molecule has 1 atom stereocenters. The maximum atomic E-state index is 2.43. The van der Waals surface area contributed by atoms with E-state index in [2.05, 4.69) is 52.0 Å². The standard InChI is InChI=1S/C20H28/c1-13(2)16-7-9-17(10-8-16)20-15(4)12-18-6-5-14(3)11-19(18)20/h5-6,11-13,16-17,20H,7-10H2,1-4H3. The van der Waals surface area contributed by atoms with Crippen molar-refractivity contribution in [2.24, 2.45) is 17.8 Å². The maximum absolute atomic E-state index is 2.43. The normalized spacial score (nSPS) is 29.4. The fourth-order valence-corrected chi connectivity index (χ4v) is 4.45. The minimum atomic E-state index is 0.706. The highest BCUT2D eigenvalue weighted by Crippen LogP contribution is 2.47. The average Bonchev–Trinajstić information content (AvgIpc) is 2.74. The smallest absolute Gasteiger partial charge is 0.00830 e. The highest BCUT2D eigenvalue weighted by Gasteiger charge is 2.33. The summed E-state index contributed by atoms with van der Waals surface area (Å²) in [6.07, 6.45) is 8.15. The molecule has 20 heavy (non-hydrogen) atoms. The molecule has 0 heterocycles. The monoisotopic (exact) mass is 268 g/mol. The van der Waals surface area contributed by atoms with Gasteiger partial charge in [-0.3, -0.25) is 0 Å². The quantitative estimate of drug-likeness (QED) is 0.621. The summed E-state index contributed by atoms with van der Waals surface area (Å²) in [6.45, 7) is 9.35. The highest BCUT2D eigenvalue weighted by atomic mass is 14.4. The predicted molar refractivity (Wildman–Crippen MR) is 87.9 cm³/mol. The zero-order valence-electron chi connectivity index (χ0n) is 13.4. The molecule has 1 unspecified atom stereocenters. The average molecular weight is 268 g/mol. The van der Waals surface area contributed by atoms with E-state index >= 15 is 0 Å². The topological polar surface area (TPSA) is 0 Å². The van der Waals surface area contributed by atoms with Gasteiger partial charge in [-0.1, -0.05) is 49.3 Å². The van der Waals surface area contributed by atoms with Crippen LogP contribution in [0.4, 0.5) is 0 Å². The van der Waals surface area contributed by atoms with Crippen LogP contribution in [0.5, 0.6) is 0 Å². The van der Waals surface area contributed by atoms with Crippen molar-refractivity contribution >= 4 is 6.08 Å². The summed E-state index contributed by atoms with van der Waals surface area (Å²) >= 11 is 0. The molecule has 2 aliphatic rings. The van der Waals surface area contributed by atoms with E-state index in [1.54, 1.807) is 11.1 Å². The molecule has 0 radical (unpaired) electrons. The Morgan fingerprint density at radius 3 is 2.35 bits per heavy atom. The molecule has 1 aromatic rings. The first-order chi connectivity index (χ1) is 9.56. The van der Waals surface area contributed by atoms with Crippen LogP contribution in [0.2, 0.25) is 0 Å². The van der Waals surface area contributed by atoms with Gasteiger partial charge in [-0.05, 0) is 68.4 Å². The molecular formula is C20H28. The molecule has 108 valence electrons. The molecule has 0 nitrogen and oxygen atoms in total. The SMILES string of the molecule is CC1=Cc2ccc(C)cc2C1C1CCC(C(C)C)CC1. The molecule has 0 saturated heterocycles. The number of benzene rings is 1. The number of hydrogen-bond acceptors (Lipinski definition) is 0. The van der Waals surface area contributed by atoms with E-state index in [9.17, 15) is 0 Å². The summed E-state index contributed by atoms with van der Waals surface area (Å²) in [4.78, 5) is 0. The van der Waals surface area contributed by atoms with E-state index in [0.717, 1.165) is 17.8 Å². The van der Waals surface area contributed by atoms with Gasteiger partial charge in [0, 0.05) is 5.92 Å². The van der Waals surface area contributed by atoms with Gasteiger partial charge in [-0.2, -0.15) is 0 Å². The predicted octanol–water partition coefficient (Wildman–Crippen LogP) is 5.96. The third-order valence-corrected chi connectivity index (χ3v) is 5.68. The molecule has 0 amide bonds. The van der Waals surface area contributed by atoms with Gasteiger partial charge in [0.25, 0.3) is 0 Å². The lowest BCUT2D eigenvalue weighted by molar-refractivity contribution is 0.212. The van der Waals surface area contributed by atoms with E-state index in [4.69, 9.17) is 0 Å². The lowest BCUT2D eigenvalue weighted by Crippen LogP contribution is -2.23. The minimum Gasteiger partial charge on any atom is -0.0649 e. The van der Waals surface area contributed by atoms with Gasteiger partial charge >= 0.3 is 0 Å². The number of allylic oxidation sites excluding steroid dienone is 1. The van der Waals surface area contributed by atoms with Crippen LogP contribution in [-0.4, -0.2) is 0 Å². The molecule has 0 N–H and O–H groups in total. The van der Waals surface area contributed by atoms with Crippen molar-refractivity contribution in [1.29, 1.82) is 0 Å². The van der Waals surface area contributed by atoms with Crippen molar-refractivity contribution in [3.8, 4) is 0 Å². The zero-order chi connectivity index (χ0) is 14.3. The first-order valence-electron chi connectivity index (χ1n) is 8.35. The van der Waals surface area contributed by atoms with Gasteiger partial charge in [0.2, 0.25) is 0 Å². The van der Waals surface area contributed by atoms with Gasteiger partial charge < -0.3 is 0 Å². The summed E-state index contributed by atoms with van der Waals surface area (Å²) in [6, 6.07) is 7.00. The molecule has 1 saturated carbocycles. The second kappa shape index (κ2) is 5.39. The van der Waals surface area contributed by atoms with Crippen molar-refractivity contribution in [1.82, 2.24) is 0 Å². The van der Waals surface area contributed by atoms with E-state index in [0.29, 0.717) is 5.92 Å². The Hall–Kier alpha value is -1.04. The van der Waals surface area contributed by atoms with Crippen molar-refractivity contribution < 1.29 is 0 Å². The van der Waals surface area contributed by atoms with Crippen molar-refractivity contribution in [2.45, 2.75) is 59.3 Å². The third-order valence-electron chi connectivity index (χ3n) is 5.68. The highest BCUT2D eigenvalue weighted by molar-refractivity contribution is 5.66. The van der Waals surface area contributed by atoms with Gasteiger partial charge in [0.05, 0.1) is 0 Å². The van der Waals surface area contributed by atoms with Crippen LogP contribution in [0.15, 0.2) is 23.8 Å². The third kappa shape index (κ3) is 2.45. The Morgan fingerprint density at radius 1 is 1.00 bits per heavy atom. The fraction of sp³-hybridized carbons (Fsp3) is 0.600. The number of rotatable bonds is 2. The van der Waals surface area contributed by atoms with Crippen molar-refractivity contribution in [3.05, 3.63) is 40.5 Å². The molecule has 1 aromatic carbocycles. The second-order valence-corrected chi connectivity index (χ2v) is 7.42. The molecular weight excluding hydrogens is 240 g/mol. The van der Waals surface area contributed by atoms with E-state index in [1.807, 2.05) is 0 Å². The van der Waals surface area contributed by atoms with Crippen LogP contribution < -0.4 is 0 Å². The van der Waals surface area contributed by atoms with Gasteiger partial charge in [0.1, 0.15) is 0 Å². The zero-order valence-corrected chi connectivity index (χ0v) is 13.4. The van der Waals surface area contributed by atoms with Crippen LogP contribution >= 0.6 is 0 Å². The lowest BCUT2D eigenvalue weighted by atomic mass is 9.70. The summed E-state index contributed by atoms with van der Waals surface area (Å²) in [5.41, 5.74) is 6.09. The second-order valence-electron chi connectivity index (χ2n) is 7.42. The largest absolute Gasteiger partial charge is 0.0649 e. The summed E-state index contributed by atoms with van der Waals surface area (Å²) in [7, 11) is 0. The number of aryl methyl sites for hydroxylation is 1. The Balaban J connectivity index is 1.79. The van der Waals surface area contributed by atoms with Crippen molar-refractivity contribution in [3.63, 3.8) is 0 Å². The Labute approximate surface area is 124 Å². The Bertz CT molecular complexity index is 513. The van der Waals surface area contributed by atoms with Crippen LogP contribution in [0.3, 0.4) is 0 Å². The Kier molecular flexibility index (Phi) is 3.75. The molecule has 0 aliphatic heterocycles. The minimum absolute atomic E-state index is 0.706. The van der Waals surface area contributed by atoms with Gasteiger partial charge in [-0.25, -0.2) is 0 Å². The molecule has 0 spiro atoms. The first kappa shape index (κ1) is 13.9. The first-order valence-corrected chi connectivity index (χ1v) is 8.35. The molecule has 0 heteroatoms. The number of fused-ring (bicyclic) bond motifs is 1. The van der Waals surface area contributed by atoms with Gasteiger partial charge in [-0.15, -0.1) is 0 Å². The molecule has 2 aliphatic carbocycles. The van der Waals surface area contributed by atoms with Crippen LogP contribution in [0, 0.1) is 24.7 Å². The van der Waals surface area contributed by atoms with Crippen LogP contribution in [0.25, 0.3) is 6.08 Å².